The number of para-hydroxylation sites is 1. The number of nitro groups is 1. The minimum Gasteiger partial charge on any atom is -0.377 e. The van der Waals surface area contributed by atoms with Gasteiger partial charge in [0.05, 0.1) is 11.0 Å². The van der Waals surface area contributed by atoms with Gasteiger partial charge in [0.15, 0.2) is 0 Å². The average Bonchev–Trinajstić information content (AvgIpc) is 3.10. The van der Waals surface area contributed by atoms with Crippen LogP contribution in [0.5, 0.6) is 0 Å². The number of nitrogens with one attached hydrogen (secondary N) is 1. The molecular weight excluding hydrogens is 312 g/mol. The third-order valence-corrected chi connectivity index (χ3v) is 5.49. The standard InChI is InChI=1S/C21H22N2O2/c1-13(2)16-8-4-11-19-17-9-5-10-18(17)20(22-21(16)19)14-6-3-7-15(12-14)23(24)25/h3-9,11-13,17-18,20,22H,10H2,1-2H3/t17-,18-,20-/m1/s1. The van der Waals surface area contributed by atoms with Crippen LogP contribution in [-0.4, -0.2) is 4.92 Å². The Morgan fingerprint density at radius 1 is 1.20 bits per heavy atom. The van der Waals surface area contributed by atoms with Gasteiger partial charge in [0.25, 0.3) is 5.69 Å². The highest BCUT2D eigenvalue weighted by Gasteiger charge is 2.39. The highest BCUT2D eigenvalue weighted by Crippen LogP contribution is 2.51. The summed E-state index contributed by atoms with van der Waals surface area (Å²) in [5.41, 5.74) is 5.03. The zero-order chi connectivity index (χ0) is 17.6. The number of hydrogen-bond acceptors (Lipinski definition) is 3. The van der Waals surface area contributed by atoms with Gasteiger partial charge in [0.1, 0.15) is 0 Å². The van der Waals surface area contributed by atoms with E-state index in [-0.39, 0.29) is 16.7 Å². The summed E-state index contributed by atoms with van der Waals surface area (Å²) in [6, 6.07) is 13.7. The first-order chi connectivity index (χ1) is 12.1. The maximum Gasteiger partial charge on any atom is 0.269 e. The molecule has 25 heavy (non-hydrogen) atoms. The topological polar surface area (TPSA) is 55.2 Å². The largest absolute Gasteiger partial charge is 0.377 e. The molecule has 4 rings (SSSR count). The van der Waals surface area contributed by atoms with Gasteiger partial charge in [-0.05, 0) is 34.9 Å². The Morgan fingerprint density at radius 3 is 2.76 bits per heavy atom. The number of benzene rings is 2. The van der Waals surface area contributed by atoms with Gasteiger partial charge in [0.2, 0.25) is 0 Å². The van der Waals surface area contributed by atoms with Crippen molar-refractivity contribution in [1.82, 2.24) is 0 Å². The van der Waals surface area contributed by atoms with Crippen LogP contribution in [0.25, 0.3) is 0 Å². The van der Waals surface area contributed by atoms with Crippen molar-refractivity contribution in [3.8, 4) is 0 Å². The van der Waals surface area contributed by atoms with E-state index in [0.717, 1.165) is 12.0 Å². The number of anilines is 1. The van der Waals surface area contributed by atoms with E-state index < -0.39 is 0 Å². The zero-order valence-electron chi connectivity index (χ0n) is 14.5. The van der Waals surface area contributed by atoms with Gasteiger partial charge in [-0.1, -0.05) is 56.3 Å². The Balaban J connectivity index is 1.81. The predicted octanol–water partition coefficient (Wildman–Crippen LogP) is 5.54. The fourth-order valence-electron chi connectivity index (χ4n) is 4.29. The number of nitro benzene ring substituents is 1. The second kappa shape index (κ2) is 6.03. The number of non-ortho nitro benzene ring substituents is 1. The fourth-order valence-corrected chi connectivity index (χ4v) is 4.29. The molecular formula is C21H22N2O2. The number of hydrogen-bond donors (Lipinski definition) is 1. The van der Waals surface area contributed by atoms with Gasteiger partial charge in [0, 0.05) is 23.7 Å². The van der Waals surface area contributed by atoms with Gasteiger partial charge in [-0.15, -0.1) is 0 Å². The highest BCUT2D eigenvalue weighted by molar-refractivity contribution is 5.65. The van der Waals surface area contributed by atoms with Gasteiger partial charge < -0.3 is 5.32 Å². The van der Waals surface area contributed by atoms with Crippen LogP contribution in [-0.2, 0) is 0 Å². The minimum absolute atomic E-state index is 0.0901. The Hall–Kier alpha value is -2.62. The van der Waals surface area contributed by atoms with Crippen LogP contribution in [0.1, 0.15) is 54.8 Å². The van der Waals surface area contributed by atoms with E-state index in [1.165, 1.54) is 16.8 Å². The lowest BCUT2D eigenvalue weighted by Gasteiger charge is -2.39. The maximum atomic E-state index is 11.2. The second-order valence-corrected chi connectivity index (χ2v) is 7.29. The molecule has 2 aromatic rings. The van der Waals surface area contributed by atoms with Crippen LogP contribution < -0.4 is 5.32 Å². The van der Waals surface area contributed by atoms with Crippen LogP contribution in [0.2, 0.25) is 0 Å². The lowest BCUT2D eigenvalue weighted by molar-refractivity contribution is -0.384. The molecule has 3 atom stereocenters. The van der Waals surface area contributed by atoms with Crippen molar-refractivity contribution in [2.45, 2.75) is 38.1 Å². The third-order valence-electron chi connectivity index (χ3n) is 5.49. The second-order valence-electron chi connectivity index (χ2n) is 7.29. The number of allylic oxidation sites excluding steroid dienone is 2. The Kier molecular flexibility index (Phi) is 3.83. The zero-order valence-corrected chi connectivity index (χ0v) is 14.5. The summed E-state index contributed by atoms with van der Waals surface area (Å²) in [6.07, 6.45) is 5.55. The molecule has 128 valence electrons. The summed E-state index contributed by atoms with van der Waals surface area (Å²) in [6.45, 7) is 4.41. The third kappa shape index (κ3) is 2.62. The van der Waals surface area contributed by atoms with E-state index in [9.17, 15) is 10.1 Å². The minimum atomic E-state index is -0.315. The molecule has 0 unspecified atom stereocenters. The van der Waals surface area contributed by atoms with Gasteiger partial charge in [-0.3, -0.25) is 10.1 Å². The Morgan fingerprint density at radius 2 is 2.00 bits per heavy atom. The van der Waals surface area contributed by atoms with Crippen molar-refractivity contribution in [3.05, 3.63) is 81.4 Å². The molecule has 0 bridgehead atoms. The molecule has 1 N–H and O–H groups in total. The number of nitrogens with zero attached hydrogens (tertiary/aromatic N) is 1. The Labute approximate surface area is 147 Å². The van der Waals surface area contributed by atoms with Crippen molar-refractivity contribution in [1.29, 1.82) is 0 Å². The van der Waals surface area contributed by atoms with Gasteiger partial charge >= 0.3 is 0 Å². The van der Waals surface area contributed by atoms with Crippen LogP contribution in [0, 0.1) is 16.0 Å². The molecule has 0 aromatic heterocycles. The van der Waals surface area contributed by atoms with Crippen LogP contribution >= 0.6 is 0 Å². The van der Waals surface area contributed by atoms with Crippen molar-refractivity contribution in [3.63, 3.8) is 0 Å². The number of fused-ring (bicyclic) bond motifs is 3. The van der Waals surface area contributed by atoms with Crippen LogP contribution in [0.4, 0.5) is 11.4 Å². The van der Waals surface area contributed by atoms with Crippen molar-refractivity contribution >= 4 is 11.4 Å². The monoisotopic (exact) mass is 334 g/mol. The molecule has 0 saturated heterocycles. The molecule has 0 amide bonds. The van der Waals surface area contributed by atoms with Crippen molar-refractivity contribution in [2.24, 2.45) is 5.92 Å². The molecule has 4 nitrogen and oxygen atoms in total. The molecule has 1 aliphatic heterocycles. The molecule has 0 fully saturated rings. The lowest BCUT2D eigenvalue weighted by atomic mass is 9.75. The first-order valence-corrected chi connectivity index (χ1v) is 8.86. The van der Waals surface area contributed by atoms with E-state index in [1.54, 1.807) is 18.2 Å². The summed E-state index contributed by atoms with van der Waals surface area (Å²) in [4.78, 5) is 10.9. The molecule has 1 aliphatic carbocycles. The molecule has 4 heteroatoms. The van der Waals surface area contributed by atoms with E-state index in [2.05, 4.69) is 49.5 Å². The van der Waals surface area contributed by atoms with Crippen LogP contribution in [0.15, 0.2) is 54.6 Å². The predicted molar refractivity (Wildman–Crippen MR) is 100.0 cm³/mol. The summed E-state index contributed by atoms with van der Waals surface area (Å²) in [5, 5.41) is 14.9. The summed E-state index contributed by atoms with van der Waals surface area (Å²) < 4.78 is 0. The first-order valence-electron chi connectivity index (χ1n) is 8.86. The smallest absolute Gasteiger partial charge is 0.269 e. The maximum absolute atomic E-state index is 11.2. The van der Waals surface area contributed by atoms with Gasteiger partial charge in [-0.2, -0.15) is 0 Å². The normalized spacial score (nSPS) is 23.9. The molecule has 0 radical (unpaired) electrons. The van der Waals surface area contributed by atoms with Crippen LogP contribution in [0.3, 0.4) is 0 Å². The summed E-state index contributed by atoms with van der Waals surface area (Å²) in [5.74, 6) is 1.20. The fraction of sp³-hybridized carbons (Fsp3) is 0.333. The first kappa shape index (κ1) is 15.9. The SMILES string of the molecule is CC(C)c1cccc2c1N[C@H](c1cccc([N+](=O)[O-])c1)[C@@H]1CC=C[C@@H]21. The highest BCUT2D eigenvalue weighted by atomic mass is 16.6. The number of rotatable bonds is 3. The molecule has 0 spiro atoms. The molecule has 0 saturated carbocycles. The average molecular weight is 334 g/mol. The lowest BCUT2D eigenvalue weighted by Crippen LogP contribution is -2.30. The van der Waals surface area contributed by atoms with E-state index in [0.29, 0.717) is 17.8 Å². The summed E-state index contributed by atoms with van der Waals surface area (Å²) in [7, 11) is 0. The van der Waals surface area contributed by atoms with E-state index in [4.69, 9.17) is 0 Å². The van der Waals surface area contributed by atoms with Crippen molar-refractivity contribution in [2.75, 3.05) is 5.32 Å². The molecule has 2 aliphatic rings. The Bertz CT molecular complexity index is 857. The van der Waals surface area contributed by atoms with Gasteiger partial charge in [-0.25, -0.2) is 0 Å². The molecule has 1 heterocycles. The quantitative estimate of drug-likeness (QED) is 0.455. The van der Waals surface area contributed by atoms with E-state index in [1.807, 2.05) is 6.07 Å². The van der Waals surface area contributed by atoms with Crippen molar-refractivity contribution < 1.29 is 4.92 Å². The molecule has 2 aromatic carbocycles. The van der Waals surface area contributed by atoms with E-state index >= 15 is 0 Å². The summed E-state index contributed by atoms with van der Waals surface area (Å²) >= 11 is 0.